The lowest BCUT2D eigenvalue weighted by molar-refractivity contribution is -0.132. The Kier molecular flexibility index (Phi) is 4.35. The zero-order valence-electron chi connectivity index (χ0n) is 9.34. The predicted octanol–water partition coefficient (Wildman–Crippen LogP) is -0.195. The van der Waals surface area contributed by atoms with Crippen molar-refractivity contribution in [1.82, 2.24) is 15.5 Å². The highest BCUT2D eigenvalue weighted by molar-refractivity contribution is 5.82. The summed E-state index contributed by atoms with van der Waals surface area (Å²) >= 11 is 0. The topological polar surface area (TPSA) is 44.4 Å². The van der Waals surface area contributed by atoms with Gasteiger partial charge in [-0.2, -0.15) is 0 Å². The summed E-state index contributed by atoms with van der Waals surface area (Å²) in [7, 11) is 1.87. The van der Waals surface area contributed by atoms with Crippen molar-refractivity contribution in [2.24, 2.45) is 0 Å². The monoisotopic (exact) mass is 199 g/mol. The summed E-state index contributed by atoms with van der Waals surface area (Å²) in [6.07, 6.45) is 1.01. The molecule has 1 amide bonds. The summed E-state index contributed by atoms with van der Waals surface area (Å²) in [5.74, 6) is 0.200. The molecule has 1 aliphatic rings. The fourth-order valence-electron chi connectivity index (χ4n) is 1.67. The van der Waals surface area contributed by atoms with Gasteiger partial charge in [0.15, 0.2) is 0 Å². The van der Waals surface area contributed by atoms with Crippen molar-refractivity contribution in [2.75, 3.05) is 26.7 Å². The Hall–Kier alpha value is -0.610. The van der Waals surface area contributed by atoms with E-state index >= 15 is 0 Å². The van der Waals surface area contributed by atoms with Crippen LogP contribution in [0.2, 0.25) is 0 Å². The quantitative estimate of drug-likeness (QED) is 0.662. The number of hydrogen-bond acceptors (Lipinski definition) is 3. The molecule has 82 valence electrons. The molecular weight excluding hydrogens is 178 g/mol. The highest BCUT2D eigenvalue weighted by Gasteiger charge is 2.25. The molecule has 1 rings (SSSR count). The van der Waals surface area contributed by atoms with Crippen LogP contribution >= 0.6 is 0 Å². The van der Waals surface area contributed by atoms with Crippen molar-refractivity contribution in [2.45, 2.75) is 32.4 Å². The van der Waals surface area contributed by atoms with Gasteiger partial charge in [-0.1, -0.05) is 6.92 Å². The number of rotatable bonds is 3. The Bertz CT molecular complexity index is 188. The average molecular weight is 199 g/mol. The number of carbonyl (C=O) groups excluding carboxylic acids is 1. The summed E-state index contributed by atoms with van der Waals surface area (Å²) in [6.45, 7) is 6.65. The number of hydrogen-bond donors (Lipinski definition) is 2. The van der Waals surface area contributed by atoms with Gasteiger partial charge in [0.1, 0.15) is 0 Å². The summed E-state index contributed by atoms with van der Waals surface area (Å²) < 4.78 is 0. The van der Waals surface area contributed by atoms with Crippen LogP contribution in [0, 0.1) is 0 Å². The molecule has 0 radical (unpaired) electrons. The van der Waals surface area contributed by atoms with E-state index in [1.54, 1.807) is 4.90 Å². The molecule has 0 spiro atoms. The third-order valence-corrected chi connectivity index (χ3v) is 2.57. The highest BCUT2D eigenvalue weighted by atomic mass is 16.2. The zero-order chi connectivity index (χ0) is 10.6. The predicted molar refractivity (Wildman–Crippen MR) is 57.2 cm³/mol. The van der Waals surface area contributed by atoms with Gasteiger partial charge in [0.25, 0.3) is 0 Å². The van der Waals surface area contributed by atoms with Crippen LogP contribution in [0.1, 0.15) is 20.3 Å². The first-order valence-corrected chi connectivity index (χ1v) is 5.37. The number of amides is 1. The van der Waals surface area contributed by atoms with Gasteiger partial charge in [0.05, 0.1) is 6.04 Å². The summed E-state index contributed by atoms with van der Waals surface area (Å²) in [4.78, 5) is 13.6. The summed E-state index contributed by atoms with van der Waals surface area (Å²) in [6, 6.07) is 0.429. The highest BCUT2D eigenvalue weighted by Crippen LogP contribution is 1.98. The van der Waals surface area contributed by atoms with Crippen LogP contribution in [0.25, 0.3) is 0 Å². The molecule has 0 bridgehead atoms. The van der Waals surface area contributed by atoms with Crippen LogP contribution in [0.3, 0.4) is 0 Å². The van der Waals surface area contributed by atoms with Crippen LogP contribution in [0.5, 0.6) is 0 Å². The van der Waals surface area contributed by atoms with E-state index in [4.69, 9.17) is 0 Å². The molecule has 14 heavy (non-hydrogen) atoms. The van der Waals surface area contributed by atoms with Gasteiger partial charge in [-0.3, -0.25) is 4.79 Å². The third-order valence-electron chi connectivity index (χ3n) is 2.57. The van der Waals surface area contributed by atoms with E-state index in [9.17, 15) is 4.79 Å². The molecule has 0 aliphatic carbocycles. The van der Waals surface area contributed by atoms with Gasteiger partial charge in [0, 0.05) is 32.7 Å². The molecule has 4 nitrogen and oxygen atoms in total. The van der Waals surface area contributed by atoms with E-state index in [-0.39, 0.29) is 11.9 Å². The van der Waals surface area contributed by atoms with Crippen LogP contribution in [0.15, 0.2) is 0 Å². The number of nitrogens with one attached hydrogen (secondary N) is 2. The van der Waals surface area contributed by atoms with Gasteiger partial charge in [-0.05, 0) is 13.3 Å². The van der Waals surface area contributed by atoms with Gasteiger partial charge in [0.2, 0.25) is 5.91 Å². The number of piperazine rings is 1. The first-order chi connectivity index (χ1) is 6.65. The molecule has 0 aromatic rings. The van der Waals surface area contributed by atoms with Crippen molar-refractivity contribution in [3.05, 3.63) is 0 Å². The van der Waals surface area contributed by atoms with Crippen LogP contribution < -0.4 is 10.6 Å². The number of nitrogens with zero attached hydrogens (tertiary/aromatic N) is 1. The van der Waals surface area contributed by atoms with Crippen LogP contribution in [0.4, 0.5) is 0 Å². The van der Waals surface area contributed by atoms with Crippen molar-refractivity contribution >= 4 is 5.91 Å². The average Bonchev–Trinajstić information content (AvgIpc) is 2.18. The van der Waals surface area contributed by atoms with E-state index in [1.165, 1.54) is 0 Å². The molecular formula is C10H21N3O. The molecule has 1 heterocycles. The smallest absolute Gasteiger partial charge is 0.240 e. The van der Waals surface area contributed by atoms with Gasteiger partial charge < -0.3 is 15.5 Å². The standard InChI is InChI=1S/C10H21N3O/c1-4-5-13(3)10(14)9-7-11-8(2)6-12-9/h8-9,11-12H,4-7H2,1-3H3. The minimum atomic E-state index is -0.0391. The third kappa shape index (κ3) is 2.96. The summed E-state index contributed by atoms with van der Waals surface area (Å²) in [5, 5.41) is 6.55. The molecule has 2 unspecified atom stereocenters. The Morgan fingerprint density at radius 3 is 2.64 bits per heavy atom. The number of likely N-dealkylation sites (N-methyl/N-ethyl adjacent to an activating group) is 1. The van der Waals surface area contributed by atoms with E-state index < -0.39 is 0 Å². The Balaban J connectivity index is 2.37. The normalized spacial score (nSPS) is 27.4. The molecule has 0 aromatic carbocycles. The molecule has 2 atom stereocenters. The van der Waals surface area contributed by atoms with E-state index in [0.717, 1.165) is 26.1 Å². The zero-order valence-corrected chi connectivity index (χ0v) is 9.34. The first-order valence-electron chi connectivity index (χ1n) is 5.37. The van der Waals surface area contributed by atoms with E-state index in [0.29, 0.717) is 6.04 Å². The SMILES string of the molecule is CCCN(C)C(=O)C1CNC(C)CN1. The minimum Gasteiger partial charge on any atom is -0.344 e. The maximum atomic E-state index is 11.8. The Morgan fingerprint density at radius 1 is 1.43 bits per heavy atom. The summed E-state index contributed by atoms with van der Waals surface area (Å²) in [5.41, 5.74) is 0. The first kappa shape index (κ1) is 11.5. The molecule has 1 fully saturated rings. The Morgan fingerprint density at radius 2 is 2.14 bits per heavy atom. The maximum absolute atomic E-state index is 11.8. The molecule has 4 heteroatoms. The second-order valence-electron chi connectivity index (χ2n) is 4.03. The fourth-order valence-corrected chi connectivity index (χ4v) is 1.67. The van der Waals surface area contributed by atoms with Crippen molar-refractivity contribution in [3.8, 4) is 0 Å². The molecule has 1 saturated heterocycles. The van der Waals surface area contributed by atoms with Gasteiger partial charge >= 0.3 is 0 Å². The largest absolute Gasteiger partial charge is 0.344 e. The molecule has 0 saturated carbocycles. The van der Waals surface area contributed by atoms with Crippen molar-refractivity contribution in [3.63, 3.8) is 0 Å². The fraction of sp³-hybridized carbons (Fsp3) is 0.900. The molecule has 1 aliphatic heterocycles. The van der Waals surface area contributed by atoms with E-state index in [2.05, 4.69) is 24.5 Å². The molecule has 2 N–H and O–H groups in total. The van der Waals surface area contributed by atoms with Gasteiger partial charge in [-0.25, -0.2) is 0 Å². The van der Waals surface area contributed by atoms with Crippen LogP contribution in [-0.4, -0.2) is 49.6 Å². The lowest BCUT2D eigenvalue weighted by Gasteiger charge is -2.31. The molecule has 0 aromatic heterocycles. The van der Waals surface area contributed by atoms with Gasteiger partial charge in [-0.15, -0.1) is 0 Å². The van der Waals surface area contributed by atoms with E-state index in [1.807, 2.05) is 7.05 Å². The maximum Gasteiger partial charge on any atom is 0.240 e. The number of carbonyl (C=O) groups is 1. The lowest BCUT2D eigenvalue weighted by Crippen LogP contribution is -2.59. The second kappa shape index (κ2) is 5.32. The van der Waals surface area contributed by atoms with Crippen LogP contribution in [-0.2, 0) is 4.79 Å². The lowest BCUT2D eigenvalue weighted by atomic mass is 10.1. The van der Waals surface area contributed by atoms with Crippen molar-refractivity contribution in [1.29, 1.82) is 0 Å². The Labute approximate surface area is 86.0 Å². The minimum absolute atomic E-state index is 0.0391. The second-order valence-corrected chi connectivity index (χ2v) is 4.03. The van der Waals surface area contributed by atoms with Crippen molar-refractivity contribution < 1.29 is 4.79 Å².